The minimum atomic E-state index is -0.549. The molecule has 1 aliphatic heterocycles. The largest absolute Gasteiger partial charge is 0.383 e. The zero-order chi connectivity index (χ0) is 14.0. The van der Waals surface area contributed by atoms with Crippen LogP contribution in [0.3, 0.4) is 0 Å². The number of anilines is 1. The molecular weight excluding hydrogens is 247 g/mol. The number of nitrogens with zero attached hydrogens (tertiary/aromatic N) is 3. The van der Waals surface area contributed by atoms with Crippen molar-refractivity contribution in [1.29, 1.82) is 0 Å². The van der Waals surface area contributed by atoms with E-state index in [-0.39, 0.29) is 17.3 Å². The zero-order valence-electron chi connectivity index (χ0n) is 11.3. The number of aromatic nitrogens is 1. The van der Waals surface area contributed by atoms with Gasteiger partial charge in [0.15, 0.2) is 0 Å². The third-order valence-electron chi connectivity index (χ3n) is 3.48. The Kier molecular flexibility index (Phi) is 3.99. The first-order chi connectivity index (χ1) is 8.97. The van der Waals surface area contributed by atoms with E-state index < -0.39 is 5.82 Å². The Labute approximate surface area is 112 Å². The van der Waals surface area contributed by atoms with E-state index in [9.17, 15) is 9.18 Å². The molecule has 2 heterocycles. The van der Waals surface area contributed by atoms with Crippen LogP contribution in [0.1, 0.15) is 16.8 Å². The Balaban J connectivity index is 2.04. The summed E-state index contributed by atoms with van der Waals surface area (Å²) in [7, 11) is 3.78. The van der Waals surface area contributed by atoms with Gasteiger partial charge in [-0.25, -0.2) is 9.37 Å². The van der Waals surface area contributed by atoms with Crippen LogP contribution in [0.15, 0.2) is 12.3 Å². The lowest BCUT2D eigenvalue weighted by Crippen LogP contribution is -2.33. The first-order valence-electron chi connectivity index (χ1n) is 6.32. The highest BCUT2D eigenvalue weighted by molar-refractivity contribution is 5.98. The maximum absolute atomic E-state index is 13.1. The highest BCUT2D eigenvalue weighted by atomic mass is 19.1. The topological polar surface area (TPSA) is 62.5 Å². The van der Waals surface area contributed by atoms with E-state index in [1.165, 1.54) is 0 Å². The fraction of sp³-hybridized carbons (Fsp3) is 0.538. The number of likely N-dealkylation sites (tertiary alicyclic amines) is 1. The first-order valence-corrected chi connectivity index (χ1v) is 6.32. The summed E-state index contributed by atoms with van der Waals surface area (Å²) in [6.07, 6.45) is 2.09. The maximum atomic E-state index is 13.1. The summed E-state index contributed by atoms with van der Waals surface area (Å²) in [6, 6.07) is 1.14. The van der Waals surface area contributed by atoms with E-state index in [1.54, 1.807) is 11.9 Å². The van der Waals surface area contributed by atoms with Crippen LogP contribution in [-0.2, 0) is 0 Å². The molecule has 1 amide bonds. The average Bonchev–Trinajstić information content (AvgIpc) is 2.77. The number of hydrogen-bond donors (Lipinski definition) is 1. The van der Waals surface area contributed by atoms with Gasteiger partial charge >= 0.3 is 0 Å². The molecule has 1 unspecified atom stereocenters. The van der Waals surface area contributed by atoms with Gasteiger partial charge in [0.2, 0.25) is 0 Å². The number of hydrogen-bond acceptors (Lipinski definition) is 4. The lowest BCUT2D eigenvalue weighted by molar-refractivity contribution is 0.0774. The second-order valence-corrected chi connectivity index (χ2v) is 5.19. The fourth-order valence-corrected chi connectivity index (χ4v) is 2.47. The molecule has 0 saturated carbocycles. The third kappa shape index (κ3) is 3.20. The molecule has 1 saturated heterocycles. The number of nitrogen functional groups attached to an aromatic ring is 1. The van der Waals surface area contributed by atoms with Crippen LogP contribution in [0.2, 0.25) is 0 Å². The van der Waals surface area contributed by atoms with Gasteiger partial charge in [0.1, 0.15) is 11.6 Å². The van der Waals surface area contributed by atoms with Crippen LogP contribution < -0.4 is 5.73 Å². The molecule has 0 spiro atoms. The van der Waals surface area contributed by atoms with Crippen molar-refractivity contribution in [3.05, 3.63) is 23.6 Å². The maximum Gasteiger partial charge on any atom is 0.257 e. The lowest BCUT2D eigenvalue weighted by atomic mass is 10.1. The van der Waals surface area contributed by atoms with Crippen molar-refractivity contribution in [2.45, 2.75) is 6.42 Å². The summed E-state index contributed by atoms with van der Waals surface area (Å²) in [6.45, 7) is 2.68. The Bertz CT molecular complexity index is 480. The lowest BCUT2D eigenvalue weighted by Gasteiger charge is -2.21. The molecule has 19 heavy (non-hydrogen) atoms. The molecule has 2 rings (SSSR count). The molecule has 1 fully saturated rings. The van der Waals surface area contributed by atoms with Crippen molar-refractivity contribution in [1.82, 2.24) is 14.8 Å². The van der Waals surface area contributed by atoms with Crippen LogP contribution in [0, 0.1) is 11.7 Å². The Morgan fingerprint density at radius 1 is 1.68 bits per heavy atom. The van der Waals surface area contributed by atoms with Gasteiger partial charge in [0.05, 0.1) is 11.8 Å². The summed E-state index contributed by atoms with van der Waals surface area (Å²) >= 11 is 0. The van der Waals surface area contributed by atoms with Crippen molar-refractivity contribution in [3.63, 3.8) is 0 Å². The van der Waals surface area contributed by atoms with E-state index in [1.807, 2.05) is 0 Å². The predicted molar refractivity (Wildman–Crippen MR) is 71.2 cm³/mol. The van der Waals surface area contributed by atoms with Gasteiger partial charge in [-0.3, -0.25) is 4.79 Å². The molecule has 0 aliphatic carbocycles. The van der Waals surface area contributed by atoms with Crippen LogP contribution in [-0.4, -0.2) is 54.4 Å². The number of carbonyl (C=O) groups excluding carboxylic acids is 1. The SMILES string of the molecule is CN1CCC(CN(C)C(=O)c2cc(F)cnc2N)C1. The highest BCUT2D eigenvalue weighted by Gasteiger charge is 2.24. The smallest absolute Gasteiger partial charge is 0.257 e. The molecule has 0 aromatic carbocycles. The summed E-state index contributed by atoms with van der Waals surface area (Å²) < 4.78 is 13.1. The number of halogens is 1. The predicted octanol–water partition coefficient (Wildman–Crippen LogP) is 0.827. The molecule has 0 bridgehead atoms. The van der Waals surface area contributed by atoms with Crippen molar-refractivity contribution < 1.29 is 9.18 Å². The minimum absolute atomic E-state index is 0.0711. The summed E-state index contributed by atoms with van der Waals surface area (Å²) in [5.41, 5.74) is 5.76. The van der Waals surface area contributed by atoms with Gasteiger partial charge < -0.3 is 15.5 Å². The van der Waals surface area contributed by atoms with Crippen LogP contribution in [0.25, 0.3) is 0 Å². The zero-order valence-corrected chi connectivity index (χ0v) is 11.3. The first kappa shape index (κ1) is 13.7. The van der Waals surface area contributed by atoms with E-state index in [0.717, 1.165) is 31.8 Å². The molecule has 1 aromatic heterocycles. The molecule has 1 aliphatic rings. The average molecular weight is 266 g/mol. The van der Waals surface area contributed by atoms with E-state index in [0.29, 0.717) is 12.5 Å². The van der Waals surface area contributed by atoms with Crippen LogP contribution in [0.5, 0.6) is 0 Å². The minimum Gasteiger partial charge on any atom is -0.383 e. The highest BCUT2D eigenvalue weighted by Crippen LogP contribution is 2.18. The third-order valence-corrected chi connectivity index (χ3v) is 3.48. The summed E-state index contributed by atoms with van der Waals surface area (Å²) in [4.78, 5) is 19.7. The standard InChI is InChI=1S/C13H19FN4O/c1-17-4-3-9(7-17)8-18(2)13(19)11-5-10(14)6-16-12(11)15/h5-6,9H,3-4,7-8H2,1-2H3,(H2,15,16). The molecule has 2 N–H and O–H groups in total. The molecule has 6 heteroatoms. The van der Waals surface area contributed by atoms with Gasteiger partial charge in [-0.05, 0) is 32.0 Å². The number of pyridine rings is 1. The van der Waals surface area contributed by atoms with Gasteiger partial charge in [-0.15, -0.1) is 0 Å². The van der Waals surface area contributed by atoms with Gasteiger partial charge in [-0.1, -0.05) is 0 Å². The second-order valence-electron chi connectivity index (χ2n) is 5.19. The number of amides is 1. The van der Waals surface area contributed by atoms with Crippen LogP contribution in [0.4, 0.5) is 10.2 Å². The van der Waals surface area contributed by atoms with Crippen molar-refractivity contribution in [3.8, 4) is 0 Å². The quantitative estimate of drug-likeness (QED) is 0.880. The van der Waals surface area contributed by atoms with Gasteiger partial charge in [0, 0.05) is 20.1 Å². The Hall–Kier alpha value is -1.69. The molecule has 5 nitrogen and oxygen atoms in total. The molecule has 104 valence electrons. The molecule has 1 atom stereocenters. The molecular formula is C13H19FN4O. The van der Waals surface area contributed by atoms with E-state index >= 15 is 0 Å². The second kappa shape index (κ2) is 5.52. The summed E-state index contributed by atoms with van der Waals surface area (Å²) in [5.74, 6) is -0.297. The molecule has 0 radical (unpaired) electrons. The van der Waals surface area contributed by atoms with E-state index in [4.69, 9.17) is 5.73 Å². The number of carbonyl (C=O) groups is 1. The van der Waals surface area contributed by atoms with Crippen molar-refractivity contribution in [2.75, 3.05) is 39.5 Å². The monoisotopic (exact) mass is 266 g/mol. The number of rotatable bonds is 3. The molecule has 1 aromatic rings. The van der Waals surface area contributed by atoms with Gasteiger partial charge in [0.25, 0.3) is 5.91 Å². The van der Waals surface area contributed by atoms with Gasteiger partial charge in [-0.2, -0.15) is 0 Å². The van der Waals surface area contributed by atoms with Crippen molar-refractivity contribution in [2.24, 2.45) is 5.92 Å². The van der Waals surface area contributed by atoms with Crippen molar-refractivity contribution >= 4 is 11.7 Å². The van der Waals surface area contributed by atoms with Crippen LogP contribution >= 0.6 is 0 Å². The fourth-order valence-electron chi connectivity index (χ4n) is 2.47. The normalized spacial score (nSPS) is 19.6. The number of nitrogens with two attached hydrogens (primary N) is 1. The Morgan fingerprint density at radius 2 is 2.42 bits per heavy atom. The summed E-state index contributed by atoms with van der Waals surface area (Å²) in [5, 5.41) is 0. The Morgan fingerprint density at radius 3 is 3.05 bits per heavy atom. The van der Waals surface area contributed by atoms with E-state index in [2.05, 4.69) is 16.9 Å².